The Morgan fingerprint density at radius 3 is 2.19 bits per heavy atom. The first kappa shape index (κ1) is 22.7. The van der Waals surface area contributed by atoms with Gasteiger partial charge in [-0.05, 0) is 64.7 Å². The molecule has 0 unspecified atom stereocenters. The molecule has 3 aromatic rings. The molecule has 0 heterocycles. The van der Waals surface area contributed by atoms with E-state index in [1.165, 1.54) is 27.1 Å². The molecule has 3 aromatic carbocycles. The van der Waals surface area contributed by atoms with Gasteiger partial charge in [0.25, 0.3) is 0 Å². The first-order valence-corrected chi connectivity index (χ1v) is 11.4. The van der Waals surface area contributed by atoms with Crippen LogP contribution in [0, 0.1) is 5.92 Å². The summed E-state index contributed by atoms with van der Waals surface area (Å²) in [6, 6.07) is 19.3. The lowest BCUT2D eigenvalue weighted by Crippen LogP contribution is -2.61. The average Bonchev–Trinajstić information content (AvgIpc) is 2.74. The lowest BCUT2D eigenvalue weighted by Gasteiger charge is -2.45. The minimum Gasteiger partial charge on any atom is -0.480 e. The molecule has 0 aromatic heterocycles. The highest BCUT2D eigenvalue weighted by Gasteiger charge is 2.48. The summed E-state index contributed by atoms with van der Waals surface area (Å²) in [5.41, 5.74) is 6.34. The number of nitrogens with two attached hydrogens (primary N) is 1. The van der Waals surface area contributed by atoms with E-state index in [4.69, 9.17) is 15.8 Å². The fourth-order valence-corrected chi connectivity index (χ4v) is 4.98. The van der Waals surface area contributed by atoms with Crippen LogP contribution in [-0.4, -0.2) is 39.8 Å². The molecule has 0 saturated heterocycles. The van der Waals surface area contributed by atoms with E-state index in [0.29, 0.717) is 19.3 Å². The van der Waals surface area contributed by atoms with Crippen molar-refractivity contribution in [3.05, 3.63) is 60.2 Å². The molecular weight excluding hydrogens is 403 g/mol. The zero-order chi connectivity index (χ0) is 22.7. The van der Waals surface area contributed by atoms with Gasteiger partial charge in [-0.3, -0.25) is 4.79 Å². The predicted octanol–water partition coefficient (Wildman–Crippen LogP) is 3.29. The van der Waals surface area contributed by atoms with Crippen molar-refractivity contribution in [3.8, 4) is 0 Å². The molecule has 168 valence electrons. The molecule has 1 aliphatic rings. The summed E-state index contributed by atoms with van der Waals surface area (Å²) in [5.74, 6) is -1.05. The van der Waals surface area contributed by atoms with Crippen LogP contribution in [0.3, 0.4) is 0 Å². The quantitative estimate of drug-likeness (QED) is 0.190. The van der Waals surface area contributed by atoms with Crippen LogP contribution < -0.4 is 11.1 Å². The fraction of sp³-hybridized carbons (Fsp3) is 0.400. The summed E-state index contributed by atoms with van der Waals surface area (Å²) in [7, 11) is -1.35. The molecule has 1 saturated carbocycles. The van der Waals surface area contributed by atoms with Crippen LogP contribution in [0.5, 0.6) is 0 Å². The van der Waals surface area contributed by atoms with E-state index in [1.807, 2.05) is 0 Å². The Kier molecular flexibility index (Phi) is 6.81. The van der Waals surface area contributed by atoms with Crippen LogP contribution in [0.4, 0.5) is 0 Å². The van der Waals surface area contributed by atoms with Gasteiger partial charge in [-0.15, -0.1) is 0 Å². The van der Waals surface area contributed by atoms with E-state index in [-0.39, 0.29) is 18.3 Å². The number of hydrogen-bond acceptors (Lipinski definition) is 5. The highest BCUT2D eigenvalue weighted by molar-refractivity contribution is 6.40. The van der Waals surface area contributed by atoms with Crippen molar-refractivity contribution in [2.24, 2.45) is 11.7 Å². The van der Waals surface area contributed by atoms with E-state index in [0.717, 1.165) is 19.4 Å². The molecule has 6 N–H and O–H groups in total. The van der Waals surface area contributed by atoms with E-state index < -0.39 is 18.6 Å². The zero-order valence-corrected chi connectivity index (χ0v) is 18.2. The Hall–Kier alpha value is -2.45. The predicted molar refractivity (Wildman–Crippen MR) is 128 cm³/mol. The number of benzene rings is 3. The maximum absolute atomic E-state index is 11.9. The number of aliphatic carboxylic acids is 1. The van der Waals surface area contributed by atoms with Gasteiger partial charge in [0.05, 0.1) is 0 Å². The lowest BCUT2D eigenvalue weighted by atomic mass is 9.66. The molecule has 0 amide bonds. The van der Waals surface area contributed by atoms with E-state index in [1.54, 1.807) is 0 Å². The van der Waals surface area contributed by atoms with Gasteiger partial charge in [0, 0.05) is 12.6 Å². The summed E-state index contributed by atoms with van der Waals surface area (Å²) in [4.78, 5) is 11.9. The van der Waals surface area contributed by atoms with Gasteiger partial charge in [-0.2, -0.15) is 0 Å². The van der Waals surface area contributed by atoms with Gasteiger partial charge in [-0.25, -0.2) is 0 Å². The first-order chi connectivity index (χ1) is 15.4. The molecule has 1 aliphatic carbocycles. The fourth-order valence-electron chi connectivity index (χ4n) is 4.98. The largest absolute Gasteiger partial charge is 0.480 e. The average molecular weight is 434 g/mol. The Morgan fingerprint density at radius 2 is 1.62 bits per heavy atom. The second-order valence-electron chi connectivity index (χ2n) is 9.12. The molecule has 1 atom stereocenters. The second-order valence-corrected chi connectivity index (χ2v) is 9.12. The van der Waals surface area contributed by atoms with Crippen molar-refractivity contribution in [2.75, 3.05) is 0 Å². The van der Waals surface area contributed by atoms with Crippen molar-refractivity contribution in [2.45, 2.75) is 56.5 Å². The molecule has 7 heteroatoms. The minimum absolute atomic E-state index is 0.0826. The normalized spacial score (nSPS) is 20.1. The summed E-state index contributed by atoms with van der Waals surface area (Å²) < 4.78 is 0. The molecule has 0 spiro atoms. The third-order valence-electron chi connectivity index (χ3n) is 7.02. The molecule has 0 aliphatic heterocycles. The molecule has 0 bridgehead atoms. The van der Waals surface area contributed by atoms with Crippen LogP contribution in [0.25, 0.3) is 21.5 Å². The van der Waals surface area contributed by atoms with Crippen molar-refractivity contribution >= 4 is 34.6 Å². The Labute approximate surface area is 188 Å². The smallest absolute Gasteiger partial charge is 0.451 e. The van der Waals surface area contributed by atoms with Crippen LogP contribution >= 0.6 is 0 Å². The van der Waals surface area contributed by atoms with E-state index in [9.17, 15) is 9.90 Å². The number of nitrogens with one attached hydrogen (secondary N) is 1. The summed E-state index contributed by atoms with van der Waals surface area (Å²) in [5, 5.41) is 36.3. The Bertz CT molecular complexity index is 1050. The lowest BCUT2D eigenvalue weighted by molar-refractivity contribution is -0.148. The van der Waals surface area contributed by atoms with Crippen molar-refractivity contribution in [3.63, 3.8) is 0 Å². The van der Waals surface area contributed by atoms with Crippen LogP contribution in [0.1, 0.15) is 37.7 Å². The molecule has 32 heavy (non-hydrogen) atoms. The zero-order valence-electron chi connectivity index (χ0n) is 18.2. The van der Waals surface area contributed by atoms with Gasteiger partial charge in [0.2, 0.25) is 0 Å². The van der Waals surface area contributed by atoms with Crippen molar-refractivity contribution in [1.29, 1.82) is 0 Å². The minimum atomic E-state index is -1.35. The highest BCUT2D eigenvalue weighted by atomic mass is 16.4. The van der Waals surface area contributed by atoms with E-state index >= 15 is 0 Å². The van der Waals surface area contributed by atoms with Crippen molar-refractivity contribution in [1.82, 2.24) is 5.32 Å². The van der Waals surface area contributed by atoms with Crippen LogP contribution in [0.15, 0.2) is 54.6 Å². The van der Waals surface area contributed by atoms with Gasteiger partial charge in [0.15, 0.2) is 0 Å². The standard InChI is InChI=1S/C25H31BN2O4/c27-25(24(29)30,11-5-6-12-26(31)32)19-14-20(15-19)28-16-23-21-9-3-1-7-17(21)13-18-8-2-4-10-22(18)23/h1-4,7-10,13,19-20,28,31-32H,5-6,11-12,14-16,27H2,(H,29,30)/t19-,20-,25-/m0/s1. The molecule has 4 rings (SSSR count). The first-order valence-electron chi connectivity index (χ1n) is 11.4. The number of carboxylic acid groups (broad SMARTS) is 1. The van der Waals surface area contributed by atoms with Crippen molar-refractivity contribution < 1.29 is 19.9 Å². The number of rotatable bonds is 10. The summed E-state index contributed by atoms with van der Waals surface area (Å²) in [6.45, 7) is 0.721. The monoisotopic (exact) mass is 434 g/mol. The number of fused-ring (bicyclic) bond motifs is 2. The Morgan fingerprint density at radius 1 is 1.03 bits per heavy atom. The Balaban J connectivity index is 1.41. The third-order valence-corrected chi connectivity index (χ3v) is 7.02. The van der Waals surface area contributed by atoms with Crippen LogP contribution in [0.2, 0.25) is 6.32 Å². The van der Waals surface area contributed by atoms with Gasteiger partial charge in [0.1, 0.15) is 5.54 Å². The third kappa shape index (κ3) is 4.66. The molecule has 0 radical (unpaired) electrons. The summed E-state index contributed by atoms with van der Waals surface area (Å²) >= 11 is 0. The topological polar surface area (TPSA) is 116 Å². The van der Waals surface area contributed by atoms with Gasteiger partial charge in [-0.1, -0.05) is 61.4 Å². The number of carboxylic acids is 1. The highest BCUT2D eigenvalue weighted by Crippen LogP contribution is 2.39. The molecule has 6 nitrogen and oxygen atoms in total. The van der Waals surface area contributed by atoms with Crippen LogP contribution in [-0.2, 0) is 11.3 Å². The molecule has 1 fully saturated rings. The second kappa shape index (κ2) is 9.59. The molecular formula is C25H31BN2O4. The van der Waals surface area contributed by atoms with E-state index in [2.05, 4.69) is 59.9 Å². The maximum atomic E-state index is 11.9. The SMILES string of the molecule is N[C@](CCCCB(O)O)(C(=O)O)[C@H]1C[C@H](NCc2c3ccccc3cc3ccccc23)C1. The summed E-state index contributed by atoms with van der Waals surface area (Å²) in [6.07, 6.45) is 3.16. The van der Waals surface area contributed by atoms with Gasteiger partial charge >= 0.3 is 13.1 Å². The van der Waals surface area contributed by atoms with Gasteiger partial charge < -0.3 is 26.2 Å². The maximum Gasteiger partial charge on any atom is 0.451 e. The number of hydrogen-bond donors (Lipinski definition) is 5. The number of unbranched alkanes of at least 4 members (excludes halogenated alkanes) is 1. The number of carbonyl (C=O) groups is 1.